The topological polar surface area (TPSA) is 59.9 Å². The molecule has 148 valence electrons. The average molecular weight is 406 g/mol. The highest BCUT2D eigenvalue weighted by atomic mass is 32.2. The van der Waals surface area contributed by atoms with Crippen molar-refractivity contribution in [2.45, 2.75) is 30.8 Å². The van der Waals surface area contributed by atoms with E-state index in [1.807, 2.05) is 60.8 Å². The molecule has 0 amide bonds. The van der Waals surface area contributed by atoms with Gasteiger partial charge in [-0.05, 0) is 23.3 Å². The summed E-state index contributed by atoms with van der Waals surface area (Å²) < 4.78 is 6.98. The highest BCUT2D eigenvalue weighted by Gasteiger charge is 2.17. The molecule has 0 bridgehead atoms. The Morgan fingerprint density at radius 3 is 2.48 bits per heavy atom. The van der Waals surface area contributed by atoms with E-state index < -0.39 is 0 Å². The van der Waals surface area contributed by atoms with Crippen LogP contribution in [0.3, 0.4) is 0 Å². The Morgan fingerprint density at radius 1 is 1.10 bits per heavy atom. The zero-order valence-corrected chi connectivity index (χ0v) is 17.5. The fraction of sp³-hybridized carbons (Fsp3) is 0.217. The van der Waals surface area contributed by atoms with Crippen LogP contribution in [0.2, 0.25) is 0 Å². The third-order valence-electron chi connectivity index (χ3n) is 4.68. The molecule has 5 nitrogen and oxygen atoms in total. The summed E-state index contributed by atoms with van der Waals surface area (Å²) in [5, 5.41) is 1.03. The number of H-pyrrole nitrogens is 1. The van der Waals surface area contributed by atoms with Gasteiger partial charge in [0.1, 0.15) is 16.8 Å². The van der Waals surface area contributed by atoms with Crippen LogP contribution < -0.4 is 10.3 Å². The second kappa shape index (κ2) is 8.17. The van der Waals surface area contributed by atoms with Crippen LogP contribution in [-0.4, -0.2) is 26.9 Å². The van der Waals surface area contributed by atoms with Crippen molar-refractivity contribution in [2.75, 3.05) is 7.11 Å². The molecule has 0 spiro atoms. The molecule has 4 rings (SSSR count). The summed E-state index contributed by atoms with van der Waals surface area (Å²) in [6, 6.07) is 17.8. The SMILES string of the molecule is COc1ccc(Cn2c(SC(C)C)nc3c(-c4ccccc4)c[nH]c3c2=O)cc1. The van der Waals surface area contributed by atoms with Gasteiger partial charge in [0, 0.05) is 17.0 Å². The summed E-state index contributed by atoms with van der Waals surface area (Å²) in [4.78, 5) is 21.4. The van der Waals surface area contributed by atoms with Gasteiger partial charge in [0.25, 0.3) is 5.56 Å². The van der Waals surface area contributed by atoms with E-state index in [1.165, 1.54) is 0 Å². The molecule has 1 N–H and O–H groups in total. The largest absolute Gasteiger partial charge is 0.497 e. The average Bonchev–Trinajstić information content (AvgIpc) is 3.15. The van der Waals surface area contributed by atoms with Crippen molar-refractivity contribution in [2.24, 2.45) is 0 Å². The van der Waals surface area contributed by atoms with Crippen molar-refractivity contribution in [3.8, 4) is 16.9 Å². The quantitative estimate of drug-likeness (QED) is 0.364. The maximum Gasteiger partial charge on any atom is 0.278 e. The van der Waals surface area contributed by atoms with Crippen LogP contribution in [-0.2, 0) is 6.54 Å². The maximum absolute atomic E-state index is 13.4. The molecule has 0 saturated carbocycles. The van der Waals surface area contributed by atoms with Crippen LogP contribution in [0.15, 0.2) is 70.7 Å². The molecule has 4 aromatic rings. The first kappa shape index (κ1) is 19.3. The lowest BCUT2D eigenvalue weighted by Crippen LogP contribution is -2.24. The van der Waals surface area contributed by atoms with Gasteiger partial charge in [0.05, 0.1) is 13.7 Å². The summed E-state index contributed by atoms with van der Waals surface area (Å²) in [6.07, 6.45) is 1.87. The summed E-state index contributed by atoms with van der Waals surface area (Å²) in [6.45, 7) is 4.67. The highest BCUT2D eigenvalue weighted by molar-refractivity contribution is 7.99. The number of rotatable bonds is 6. The smallest absolute Gasteiger partial charge is 0.278 e. The summed E-state index contributed by atoms with van der Waals surface area (Å²) in [5.74, 6) is 0.795. The predicted molar refractivity (Wildman–Crippen MR) is 119 cm³/mol. The molecule has 6 heteroatoms. The Bertz CT molecular complexity index is 1180. The molecule has 0 aliphatic heterocycles. The molecule has 29 heavy (non-hydrogen) atoms. The Labute approximate surface area is 173 Å². The third-order valence-corrected chi connectivity index (χ3v) is 5.67. The number of nitrogens with zero attached hydrogens (tertiary/aromatic N) is 2. The first-order valence-electron chi connectivity index (χ1n) is 9.53. The number of aromatic amines is 1. The van der Waals surface area contributed by atoms with Gasteiger partial charge >= 0.3 is 0 Å². The van der Waals surface area contributed by atoms with Gasteiger partial charge in [0.15, 0.2) is 5.16 Å². The Balaban J connectivity index is 1.84. The van der Waals surface area contributed by atoms with E-state index >= 15 is 0 Å². The second-order valence-electron chi connectivity index (χ2n) is 7.09. The van der Waals surface area contributed by atoms with Gasteiger partial charge in [-0.3, -0.25) is 9.36 Å². The lowest BCUT2D eigenvalue weighted by Gasteiger charge is -2.14. The van der Waals surface area contributed by atoms with Crippen LogP contribution in [0.5, 0.6) is 5.75 Å². The third kappa shape index (κ3) is 3.93. The lowest BCUT2D eigenvalue weighted by atomic mass is 10.1. The highest BCUT2D eigenvalue weighted by Crippen LogP contribution is 2.29. The molecule has 0 radical (unpaired) electrons. The van der Waals surface area contributed by atoms with Crippen molar-refractivity contribution in [3.05, 3.63) is 76.7 Å². The van der Waals surface area contributed by atoms with Gasteiger partial charge in [-0.25, -0.2) is 4.98 Å². The van der Waals surface area contributed by atoms with Crippen molar-refractivity contribution < 1.29 is 4.74 Å². The van der Waals surface area contributed by atoms with Crippen molar-refractivity contribution in [3.63, 3.8) is 0 Å². The minimum Gasteiger partial charge on any atom is -0.497 e. The Hall–Kier alpha value is -2.99. The van der Waals surface area contributed by atoms with Gasteiger partial charge in [-0.2, -0.15) is 0 Å². The fourth-order valence-electron chi connectivity index (χ4n) is 3.26. The molecule has 0 saturated heterocycles. The van der Waals surface area contributed by atoms with E-state index in [2.05, 4.69) is 18.8 Å². The number of thioether (sulfide) groups is 1. The predicted octanol–water partition coefficient (Wildman–Crippen LogP) is 4.95. The van der Waals surface area contributed by atoms with Gasteiger partial charge in [-0.1, -0.05) is 68.1 Å². The summed E-state index contributed by atoms with van der Waals surface area (Å²) in [5.41, 5.74) is 4.20. The van der Waals surface area contributed by atoms with E-state index in [-0.39, 0.29) is 5.56 Å². The van der Waals surface area contributed by atoms with Crippen LogP contribution in [0.4, 0.5) is 0 Å². The summed E-state index contributed by atoms with van der Waals surface area (Å²) >= 11 is 1.60. The van der Waals surface area contributed by atoms with Crippen molar-refractivity contribution in [1.82, 2.24) is 14.5 Å². The molecule has 0 atom stereocenters. The minimum absolute atomic E-state index is 0.0591. The molecule has 2 aromatic carbocycles. The van der Waals surface area contributed by atoms with Crippen LogP contribution in [0.25, 0.3) is 22.2 Å². The molecular formula is C23H23N3O2S. The van der Waals surface area contributed by atoms with E-state index in [4.69, 9.17) is 9.72 Å². The number of aromatic nitrogens is 3. The van der Waals surface area contributed by atoms with E-state index in [1.54, 1.807) is 23.4 Å². The molecular weight excluding hydrogens is 382 g/mol. The maximum atomic E-state index is 13.4. The van der Waals surface area contributed by atoms with E-state index in [0.717, 1.165) is 33.1 Å². The van der Waals surface area contributed by atoms with Crippen molar-refractivity contribution in [1.29, 1.82) is 0 Å². The zero-order chi connectivity index (χ0) is 20.4. The number of methoxy groups -OCH3 is 1. The summed E-state index contributed by atoms with van der Waals surface area (Å²) in [7, 11) is 1.64. The van der Waals surface area contributed by atoms with Crippen LogP contribution >= 0.6 is 11.8 Å². The molecule has 0 aliphatic rings. The normalized spacial score (nSPS) is 11.3. The first-order chi connectivity index (χ1) is 14.1. The number of benzene rings is 2. The molecule has 2 heterocycles. The number of fused-ring (bicyclic) bond motifs is 1. The zero-order valence-electron chi connectivity index (χ0n) is 16.7. The molecule has 0 unspecified atom stereocenters. The number of nitrogens with one attached hydrogen (secondary N) is 1. The molecule has 0 aliphatic carbocycles. The van der Waals surface area contributed by atoms with Gasteiger partial charge in [-0.15, -0.1) is 0 Å². The van der Waals surface area contributed by atoms with Crippen LogP contribution in [0.1, 0.15) is 19.4 Å². The standard InChI is InChI=1S/C23H23N3O2S/c1-15(2)29-23-25-20-19(17-7-5-4-6-8-17)13-24-21(20)22(27)26(23)14-16-9-11-18(28-3)12-10-16/h4-13,15,24H,14H2,1-3H3. The second-order valence-corrected chi connectivity index (χ2v) is 8.64. The minimum atomic E-state index is -0.0591. The van der Waals surface area contributed by atoms with E-state index in [9.17, 15) is 4.79 Å². The van der Waals surface area contributed by atoms with Gasteiger partial charge in [0.2, 0.25) is 0 Å². The first-order valence-corrected chi connectivity index (χ1v) is 10.4. The number of hydrogen-bond acceptors (Lipinski definition) is 4. The molecule has 2 aromatic heterocycles. The molecule has 0 fully saturated rings. The van der Waals surface area contributed by atoms with E-state index in [0.29, 0.717) is 17.3 Å². The van der Waals surface area contributed by atoms with Crippen molar-refractivity contribution >= 4 is 22.8 Å². The number of hydrogen-bond donors (Lipinski definition) is 1. The lowest BCUT2D eigenvalue weighted by molar-refractivity contribution is 0.414. The Morgan fingerprint density at radius 2 is 1.83 bits per heavy atom. The fourth-order valence-corrected chi connectivity index (χ4v) is 4.10. The Kier molecular flexibility index (Phi) is 5.45. The monoisotopic (exact) mass is 405 g/mol. The van der Waals surface area contributed by atoms with Gasteiger partial charge < -0.3 is 9.72 Å². The van der Waals surface area contributed by atoms with Crippen LogP contribution in [0, 0.1) is 0 Å². The number of ether oxygens (including phenoxy) is 1.